The predicted octanol–water partition coefficient (Wildman–Crippen LogP) is 5.38. The number of aliphatic hydroxyl groups is 1. The van der Waals surface area contributed by atoms with Gasteiger partial charge in [-0.1, -0.05) is 24.3 Å². The van der Waals surface area contributed by atoms with Gasteiger partial charge in [0, 0.05) is 22.7 Å². The van der Waals surface area contributed by atoms with E-state index < -0.39 is 11.6 Å². The molecular formula is C32H34N2O6. The first-order valence-electron chi connectivity index (χ1n) is 13.1. The number of H-pyrrole nitrogens is 1. The Kier molecular flexibility index (Phi) is 7.45. The summed E-state index contributed by atoms with van der Waals surface area (Å²) in [6.07, 6.45) is 6.31. The molecule has 2 heterocycles. The Morgan fingerprint density at radius 3 is 2.40 bits per heavy atom. The number of ether oxygens (including phenoxy) is 4. The first-order valence-corrected chi connectivity index (χ1v) is 13.1. The van der Waals surface area contributed by atoms with Gasteiger partial charge in [-0.05, 0) is 73.4 Å². The minimum atomic E-state index is -0.587. The van der Waals surface area contributed by atoms with E-state index in [9.17, 15) is 9.90 Å². The number of methoxy groups -OCH3 is 3. The van der Waals surface area contributed by atoms with Crippen LogP contribution in [0.25, 0.3) is 28.1 Å². The topological polar surface area (TPSA) is 102 Å². The summed E-state index contributed by atoms with van der Waals surface area (Å²) < 4.78 is 22.9. The molecule has 0 spiro atoms. The van der Waals surface area contributed by atoms with E-state index in [4.69, 9.17) is 18.9 Å². The van der Waals surface area contributed by atoms with Crippen molar-refractivity contribution in [1.82, 2.24) is 10.3 Å². The van der Waals surface area contributed by atoms with Crippen molar-refractivity contribution in [3.63, 3.8) is 0 Å². The number of nitrogens with one attached hydrogen (secondary N) is 2. The molecule has 1 aliphatic rings. The number of aromatic nitrogens is 1. The first-order chi connectivity index (χ1) is 19.3. The first kappa shape index (κ1) is 27.1. The highest BCUT2D eigenvalue weighted by molar-refractivity contribution is 6.00. The second-order valence-electron chi connectivity index (χ2n) is 10.3. The standard InChI is InChI=1S/C32H34N2O6/c1-32(2)11-10-19-12-20(21-15-27(37-3)30(39-5)28(16-21)38-4)14-25(29(19)40-32)31(36)34-23(18-35)13-22-17-33-26-9-7-6-8-24(22)26/h6-12,14-17,23,33,35H,13,18H2,1-5H3,(H,34,36)/t23-/m1/s1. The smallest absolute Gasteiger partial charge is 0.255 e. The average molecular weight is 543 g/mol. The summed E-state index contributed by atoms with van der Waals surface area (Å²) in [5.41, 5.74) is 4.13. The van der Waals surface area contributed by atoms with E-state index in [1.165, 1.54) is 0 Å². The molecule has 8 nitrogen and oxygen atoms in total. The fraction of sp³-hybridized carbons (Fsp3) is 0.281. The van der Waals surface area contributed by atoms with Gasteiger partial charge in [-0.15, -0.1) is 0 Å². The summed E-state index contributed by atoms with van der Waals surface area (Å²) in [6.45, 7) is 3.66. The van der Waals surface area contributed by atoms with E-state index in [1.807, 2.05) is 74.7 Å². The number of hydrogen-bond acceptors (Lipinski definition) is 6. The monoisotopic (exact) mass is 542 g/mol. The molecule has 1 amide bonds. The Bertz CT molecular complexity index is 1560. The zero-order chi connectivity index (χ0) is 28.4. The maximum absolute atomic E-state index is 13.8. The van der Waals surface area contributed by atoms with Crippen molar-refractivity contribution in [2.75, 3.05) is 27.9 Å². The molecule has 40 heavy (non-hydrogen) atoms. The summed E-state index contributed by atoms with van der Waals surface area (Å²) in [5.74, 6) is 1.65. The number of aliphatic hydroxyl groups excluding tert-OH is 1. The highest BCUT2D eigenvalue weighted by Crippen LogP contribution is 2.43. The zero-order valence-corrected chi connectivity index (χ0v) is 23.3. The summed E-state index contributed by atoms with van der Waals surface area (Å²) in [5, 5.41) is 14.3. The number of benzene rings is 3. The van der Waals surface area contributed by atoms with Crippen LogP contribution in [0.5, 0.6) is 23.0 Å². The van der Waals surface area contributed by atoms with Crippen LogP contribution in [0, 0.1) is 0 Å². The maximum atomic E-state index is 13.8. The molecular weight excluding hydrogens is 508 g/mol. The third kappa shape index (κ3) is 5.22. The van der Waals surface area contributed by atoms with E-state index in [1.54, 1.807) is 27.4 Å². The Labute approximate surface area is 233 Å². The molecule has 0 fully saturated rings. The quantitative estimate of drug-likeness (QED) is 0.263. The van der Waals surface area contributed by atoms with Gasteiger partial charge in [-0.25, -0.2) is 0 Å². The lowest BCUT2D eigenvalue weighted by Crippen LogP contribution is -2.40. The lowest BCUT2D eigenvalue weighted by atomic mass is 9.94. The van der Waals surface area contributed by atoms with Crippen LogP contribution in [0.15, 0.2) is 60.8 Å². The van der Waals surface area contributed by atoms with Gasteiger partial charge in [0.2, 0.25) is 5.75 Å². The third-order valence-corrected chi connectivity index (χ3v) is 7.09. The predicted molar refractivity (Wildman–Crippen MR) is 156 cm³/mol. The van der Waals surface area contributed by atoms with Gasteiger partial charge in [0.25, 0.3) is 5.91 Å². The van der Waals surface area contributed by atoms with Gasteiger partial charge in [0.15, 0.2) is 11.5 Å². The lowest BCUT2D eigenvalue weighted by molar-refractivity contribution is 0.0904. The van der Waals surface area contributed by atoms with Crippen molar-refractivity contribution in [1.29, 1.82) is 0 Å². The number of rotatable bonds is 9. The van der Waals surface area contributed by atoms with E-state index in [2.05, 4.69) is 10.3 Å². The highest BCUT2D eigenvalue weighted by atomic mass is 16.5. The molecule has 208 valence electrons. The Hall–Kier alpha value is -4.43. The molecule has 1 aliphatic heterocycles. The van der Waals surface area contributed by atoms with Gasteiger partial charge in [-0.3, -0.25) is 4.79 Å². The zero-order valence-electron chi connectivity index (χ0n) is 23.3. The summed E-state index contributed by atoms with van der Waals surface area (Å²) in [4.78, 5) is 17.1. The Morgan fingerprint density at radius 1 is 1.02 bits per heavy atom. The molecule has 0 aliphatic carbocycles. The number of hydrogen-bond donors (Lipinski definition) is 3. The van der Waals surface area contributed by atoms with Crippen LogP contribution in [-0.4, -0.2) is 55.6 Å². The highest BCUT2D eigenvalue weighted by Gasteiger charge is 2.28. The van der Waals surface area contributed by atoms with Gasteiger partial charge in [-0.2, -0.15) is 0 Å². The number of fused-ring (bicyclic) bond motifs is 2. The molecule has 0 bridgehead atoms. The number of para-hydroxylation sites is 1. The van der Waals surface area contributed by atoms with Crippen LogP contribution >= 0.6 is 0 Å². The average Bonchev–Trinajstić information content (AvgIpc) is 3.37. The normalized spacial score (nSPS) is 14.2. The minimum Gasteiger partial charge on any atom is -0.493 e. The molecule has 8 heteroatoms. The van der Waals surface area contributed by atoms with E-state index in [-0.39, 0.29) is 12.5 Å². The van der Waals surface area contributed by atoms with Crippen LogP contribution in [0.2, 0.25) is 0 Å². The summed E-state index contributed by atoms with van der Waals surface area (Å²) in [6, 6.07) is 14.9. The second kappa shape index (κ2) is 11.0. The minimum absolute atomic E-state index is 0.216. The third-order valence-electron chi connectivity index (χ3n) is 7.09. The van der Waals surface area contributed by atoms with Gasteiger partial charge in [0.1, 0.15) is 11.4 Å². The number of amides is 1. The molecule has 0 radical (unpaired) electrons. The molecule has 0 saturated heterocycles. The maximum Gasteiger partial charge on any atom is 0.255 e. The van der Waals surface area contributed by atoms with Crippen molar-refractivity contribution >= 4 is 22.9 Å². The molecule has 3 N–H and O–H groups in total. The molecule has 1 atom stereocenters. The molecule has 0 saturated carbocycles. The van der Waals surface area contributed by atoms with Crippen molar-refractivity contribution in [2.45, 2.75) is 31.9 Å². The number of carbonyl (C=O) groups is 1. The van der Waals surface area contributed by atoms with Crippen molar-refractivity contribution in [3.05, 3.63) is 77.5 Å². The summed E-state index contributed by atoms with van der Waals surface area (Å²) in [7, 11) is 4.68. The van der Waals surface area contributed by atoms with Crippen LogP contribution in [0.1, 0.15) is 35.3 Å². The van der Waals surface area contributed by atoms with Crippen LogP contribution in [0.4, 0.5) is 0 Å². The molecule has 1 aromatic heterocycles. The SMILES string of the molecule is COc1cc(-c2cc3c(c(C(=O)N[C@@H](CO)Cc4c[nH]c5ccccc45)c2)OC(C)(C)C=C3)cc(OC)c1OC. The molecule has 4 aromatic rings. The fourth-order valence-corrected chi connectivity index (χ4v) is 5.05. The summed E-state index contributed by atoms with van der Waals surface area (Å²) >= 11 is 0. The fourth-order valence-electron chi connectivity index (χ4n) is 5.05. The number of carbonyl (C=O) groups excluding carboxylic acids is 1. The van der Waals surface area contributed by atoms with Gasteiger partial charge in [0.05, 0.1) is 39.5 Å². The molecule has 0 unspecified atom stereocenters. The van der Waals surface area contributed by atoms with Crippen LogP contribution in [0.3, 0.4) is 0 Å². The van der Waals surface area contributed by atoms with Crippen LogP contribution < -0.4 is 24.3 Å². The van der Waals surface area contributed by atoms with Gasteiger partial charge >= 0.3 is 0 Å². The Morgan fingerprint density at radius 2 is 1.73 bits per heavy atom. The molecule has 3 aromatic carbocycles. The van der Waals surface area contributed by atoms with Crippen molar-refractivity contribution in [3.8, 4) is 34.1 Å². The Balaban J connectivity index is 1.53. The van der Waals surface area contributed by atoms with Crippen molar-refractivity contribution in [2.24, 2.45) is 0 Å². The lowest BCUT2D eigenvalue weighted by Gasteiger charge is -2.30. The second-order valence-corrected chi connectivity index (χ2v) is 10.3. The van der Waals surface area contributed by atoms with E-state index in [0.717, 1.165) is 33.2 Å². The largest absolute Gasteiger partial charge is 0.493 e. The van der Waals surface area contributed by atoms with Gasteiger partial charge < -0.3 is 34.4 Å². The van der Waals surface area contributed by atoms with E-state index in [0.29, 0.717) is 35.0 Å². The van der Waals surface area contributed by atoms with E-state index >= 15 is 0 Å². The van der Waals surface area contributed by atoms with Crippen LogP contribution in [-0.2, 0) is 6.42 Å². The number of aromatic amines is 1. The molecule has 5 rings (SSSR count). The van der Waals surface area contributed by atoms with Crippen molar-refractivity contribution < 1.29 is 28.8 Å².